The number of halogens is 2. The van der Waals surface area contributed by atoms with Gasteiger partial charge in [0, 0.05) is 5.02 Å². The van der Waals surface area contributed by atoms with Gasteiger partial charge in [0.05, 0.1) is 21.2 Å². The molecule has 1 N–H and O–H groups in total. The van der Waals surface area contributed by atoms with Gasteiger partial charge in [-0.3, -0.25) is 0 Å². The lowest BCUT2D eigenvalue weighted by molar-refractivity contribution is 0.0697. The van der Waals surface area contributed by atoms with Crippen LogP contribution in [0.15, 0.2) is 17.0 Å². The Hall–Kier alpha value is -0.820. The number of sulfone groups is 1. The van der Waals surface area contributed by atoms with E-state index in [1.165, 1.54) is 6.07 Å². The highest BCUT2D eigenvalue weighted by Gasteiger charge is 2.23. The van der Waals surface area contributed by atoms with Crippen molar-refractivity contribution < 1.29 is 18.3 Å². The van der Waals surface area contributed by atoms with Crippen molar-refractivity contribution in [1.29, 1.82) is 0 Å². The molecule has 5 nitrogen and oxygen atoms in total. The minimum absolute atomic E-state index is 0.0259. The maximum Gasteiger partial charge on any atom is 0.337 e. The highest BCUT2D eigenvalue weighted by atomic mass is 35.5. The summed E-state index contributed by atoms with van der Waals surface area (Å²) in [4.78, 5) is 12.6. The summed E-state index contributed by atoms with van der Waals surface area (Å²) in [6, 6.07) is 2.31. The monoisotopic (exact) mass is 339 g/mol. The van der Waals surface area contributed by atoms with E-state index in [4.69, 9.17) is 28.3 Å². The maximum atomic E-state index is 12.2. The molecular formula is C12H15Cl2NO4S. The molecule has 0 saturated carbocycles. The number of aromatic carboxylic acids is 1. The second-order valence-corrected chi connectivity index (χ2v) is 7.44. The zero-order valence-electron chi connectivity index (χ0n) is 11.1. The van der Waals surface area contributed by atoms with Crippen LogP contribution >= 0.6 is 23.2 Å². The molecule has 0 aliphatic heterocycles. The Morgan fingerprint density at radius 2 is 1.90 bits per heavy atom. The highest BCUT2D eigenvalue weighted by Crippen LogP contribution is 2.30. The van der Waals surface area contributed by atoms with Crippen molar-refractivity contribution in [2.45, 2.75) is 11.3 Å². The first-order valence-corrected chi connectivity index (χ1v) is 8.16. The second kappa shape index (κ2) is 6.76. The van der Waals surface area contributed by atoms with Crippen LogP contribution in [0.2, 0.25) is 10.0 Å². The van der Waals surface area contributed by atoms with Gasteiger partial charge in [-0.05, 0) is 39.2 Å². The Morgan fingerprint density at radius 1 is 1.30 bits per heavy atom. The quantitative estimate of drug-likeness (QED) is 0.861. The Labute approximate surface area is 128 Å². The number of hydrogen-bond donors (Lipinski definition) is 1. The van der Waals surface area contributed by atoms with Crippen LogP contribution in [0.4, 0.5) is 0 Å². The molecule has 1 aromatic carbocycles. The van der Waals surface area contributed by atoms with Gasteiger partial charge in [0.25, 0.3) is 0 Å². The minimum atomic E-state index is -3.67. The predicted octanol–water partition coefficient (Wildman–Crippen LogP) is 2.42. The topological polar surface area (TPSA) is 74.7 Å². The molecule has 0 atom stereocenters. The fourth-order valence-corrected chi connectivity index (χ4v) is 3.87. The van der Waals surface area contributed by atoms with Crippen molar-refractivity contribution in [3.8, 4) is 0 Å². The third-order valence-electron chi connectivity index (χ3n) is 2.59. The van der Waals surface area contributed by atoms with Gasteiger partial charge in [0.15, 0.2) is 9.84 Å². The normalized spacial score (nSPS) is 11.8. The summed E-state index contributed by atoms with van der Waals surface area (Å²) in [5.74, 6) is -1.44. The van der Waals surface area contributed by atoms with Crippen molar-refractivity contribution in [2.24, 2.45) is 0 Å². The van der Waals surface area contributed by atoms with Crippen molar-refractivity contribution in [1.82, 2.24) is 4.90 Å². The summed E-state index contributed by atoms with van der Waals surface area (Å²) >= 11 is 11.6. The number of benzene rings is 1. The van der Waals surface area contributed by atoms with Gasteiger partial charge in [-0.15, -0.1) is 0 Å². The van der Waals surface area contributed by atoms with Crippen molar-refractivity contribution in [3.05, 3.63) is 27.7 Å². The first kappa shape index (κ1) is 17.2. The molecule has 0 aliphatic carbocycles. The van der Waals surface area contributed by atoms with Gasteiger partial charge < -0.3 is 10.0 Å². The lowest BCUT2D eigenvalue weighted by atomic mass is 10.2. The molecule has 0 aliphatic rings. The fraction of sp³-hybridized carbons (Fsp3) is 0.417. The molecule has 0 aromatic heterocycles. The summed E-state index contributed by atoms with van der Waals surface area (Å²) in [7, 11) is -0.00185. The van der Waals surface area contributed by atoms with Gasteiger partial charge >= 0.3 is 5.97 Å². The summed E-state index contributed by atoms with van der Waals surface area (Å²) in [6.07, 6.45) is 0.417. The van der Waals surface area contributed by atoms with Crippen LogP contribution in [0, 0.1) is 0 Å². The highest BCUT2D eigenvalue weighted by molar-refractivity contribution is 7.91. The molecule has 20 heavy (non-hydrogen) atoms. The smallest absolute Gasteiger partial charge is 0.337 e. The Balaban J connectivity index is 3.15. The van der Waals surface area contributed by atoms with E-state index in [9.17, 15) is 13.2 Å². The molecule has 0 fully saturated rings. The number of carboxylic acids is 1. The van der Waals surface area contributed by atoms with E-state index >= 15 is 0 Å². The van der Waals surface area contributed by atoms with E-state index in [1.807, 2.05) is 19.0 Å². The van der Waals surface area contributed by atoms with Crippen LogP contribution in [0.25, 0.3) is 0 Å². The Morgan fingerprint density at radius 3 is 2.40 bits per heavy atom. The van der Waals surface area contributed by atoms with Crippen LogP contribution in [0.5, 0.6) is 0 Å². The minimum Gasteiger partial charge on any atom is -0.478 e. The summed E-state index contributed by atoms with van der Waals surface area (Å²) < 4.78 is 24.4. The first-order chi connectivity index (χ1) is 9.15. The van der Waals surface area contributed by atoms with E-state index in [0.29, 0.717) is 13.0 Å². The Kier molecular flexibility index (Phi) is 5.82. The third kappa shape index (κ3) is 4.34. The molecule has 0 radical (unpaired) electrons. The average molecular weight is 340 g/mol. The van der Waals surface area contributed by atoms with E-state index in [1.54, 1.807) is 0 Å². The largest absolute Gasteiger partial charge is 0.478 e. The molecular weight excluding hydrogens is 325 g/mol. The first-order valence-electron chi connectivity index (χ1n) is 5.75. The van der Waals surface area contributed by atoms with E-state index in [2.05, 4.69) is 0 Å². The predicted molar refractivity (Wildman–Crippen MR) is 78.6 cm³/mol. The molecule has 112 valence electrons. The zero-order valence-corrected chi connectivity index (χ0v) is 13.4. The van der Waals surface area contributed by atoms with E-state index < -0.39 is 15.8 Å². The standard InChI is InChI=1S/C12H15Cl2NO4S/c1-15(2)4-3-5-20(18,19)10-7-8(13)6-9(11(10)14)12(16)17/h6-7H,3-5H2,1-2H3,(H,16,17). The SMILES string of the molecule is CN(C)CCCS(=O)(=O)c1cc(Cl)cc(C(=O)O)c1Cl. The molecule has 0 bridgehead atoms. The summed E-state index contributed by atoms with van der Waals surface area (Å²) in [6.45, 7) is 0.600. The second-order valence-electron chi connectivity index (χ2n) is 4.55. The molecule has 1 rings (SSSR count). The van der Waals surface area contributed by atoms with Gasteiger partial charge in [-0.25, -0.2) is 13.2 Å². The molecule has 0 saturated heterocycles. The number of carboxylic acid groups (broad SMARTS) is 1. The van der Waals surface area contributed by atoms with E-state index in [0.717, 1.165) is 6.07 Å². The summed E-state index contributed by atoms with van der Waals surface area (Å²) in [5.41, 5.74) is -0.314. The lowest BCUT2D eigenvalue weighted by Crippen LogP contribution is -2.18. The fourth-order valence-electron chi connectivity index (χ4n) is 1.63. The van der Waals surface area contributed by atoms with Gasteiger partial charge in [0.2, 0.25) is 0 Å². The number of carbonyl (C=O) groups is 1. The number of nitrogens with zero attached hydrogens (tertiary/aromatic N) is 1. The van der Waals surface area contributed by atoms with Gasteiger partial charge in [-0.1, -0.05) is 23.2 Å². The summed E-state index contributed by atoms with van der Waals surface area (Å²) in [5, 5.41) is 8.71. The molecule has 8 heteroatoms. The van der Waals surface area contributed by atoms with Crippen LogP contribution < -0.4 is 0 Å². The number of rotatable bonds is 6. The molecule has 0 spiro atoms. The van der Waals surface area contributed by atoms with Crippen LogP contribution in [0.1, 0.15) is 16.8 Å². The van der Waals surface area contributed by atoms with Crippen molar-refractivity contribution >= 4 is 39.0 Å². The lowest BCUT2D eigenvalue weighted by Gasteiger charge is -2.11. The number of hydrogen-bond acceptors (Lipinski definition) is 4. The third-order valence-corrected chi connectivity index (χ3v) is 5.14. The molecule has 0 amide bonds. The maximum absolute atomic E-state index is 12.2. The van der Waals surface area contributed by atoms with Gasteiger partial charge in [-0.2, -0.15) is 0 Å². The van der Waals surface area contributed by atoms with E-state index in [-0.39, 0.29) is 26.3 Å². The molecule has 0 unspecified atom stereocenters. The van der Waals surface area contributed by atoms with Crippen LogP contribution in [-0.2, 0) is 9.84 Å². The Bertz CT molecular complexity index is 614. The van der Waals surface area contributed by atoms with Gasteiger partial charge in [0.1, 0.15) is 0 Å². The van der Waals surface area contributed by atoms with Crippen LogP contribution in [-0.4, -0.2) is 50.8 Å². The average Bonchev–Trinajstić information content (AvgIpc) is 2.30. The molecule has 1 aromatic rings. The molecule has 0 heterocycles. The zero-order chi connectivity index (χ0) is 15.5. The van der Waals surface area contributed by atoms with Crippen molar-refractivity contribution in [3.63, 3.8) is 0 Å². The van der Waals surface area contributed by atoms with Crippen LogP contribution in [0.3, 0.4) is 0 Å². The van der Waals surface area contributed by atoms with Crippen molar-refractivity contribution in [2.75, 3.05) is 26.4 Å².